The fourth-order valence-corrected chi connectivity index (χ4v) is 3.01. The van der Waals surface area contributed by atoms with Gasteiger partial charge in [-0.15, -0.1) is 0 Å². The number of hydrogen-bond donors (Lipinski definition) is 3. The summed E-state index contributed by atoms with van der Waals surface area (Å²) in [5.41, 5.74) is 1.88. The Balaban J connectivity index is 1.52. The van der Waals surface area contributed by atoms with E-state index in [0.717, 1.165) is 18.6 Å². The number of rotatable bonds is 5. The van der Waals surface area contributed by atoms with Crippen molar-refractivity contribution in [2.75, 3.05) is 17.7 Å². The average molecular weight is 353 g/mol. The molecule has 0 bridgehead atoms. The standard InChI is InChI=1S/C20H23N3O3/c1-26-18-12-10-17(11-13-18)23-20(25)22-16-8-6-14(7-9-16)19(24)21-15-4-2-3-5-15/h6-13,15H,2-5H2,1H3,(H,21,24)(H2,22,23,25). The molecule has 1 aliphatic carbocycles. The van der Waals surface area contributed by atoms with Crippen molar-refractivity contribution in [1.82, 2.24) is 5.32 Å². The van der Waals surface area contributed by atoms with E-state index in [4.69, 9.17) is 4.74 Å². The first-order chi connectivity index (χ1) is 12.6. The van der Waals surface area contributed by atoms with Gasteiger partial charge in [0.05, 0.1) is 7.11 Å². The summed E-state index contributed by atoms with van der Waals surface area (Å²) in [6, 6.07) is 13.9. The van der Waals surface area contributed by atoms with E-state index in [1.165, 1.54) is 12.8 Å². The van der Waals surface area contributed by atoms with Gasteiger partial charge in [-0.25, -0.2) is 4.79 Å². The number of hydrogen-bond acceptors (Lipinski definition) is 3. The second-order valence-corrected chi connectivity index (χ2v) is 6.34. The molecule has 0 aliphatic heterocycles. The number of amides is 3. The smallest absolute Gasteiger partial charge is 0.323 e. The van der Waals surface area contributed by atoms with Crippen molar-refractivity contribution in [3.05, 3.63) is 54.1 Å². The summed E-state index contributed by atoms with van der Waals surface area (Å²) in [6.07, 6.45) is 4.46. The van der Waals surface area contributed by atoms with Crippen LogP contribution in [-0.4, -0.2) is 25.1 Å². The summed E-state index contributed by atoms with van der Waals surface area (Å²) >= 11 is 0. The molecule has 0 heterocycles. The molecule has 0 unspecified atom stereocenters. The molecular weight excluding hydrogens is 330 g/mol. The molecule has 0 radical (unpaired) electrons. The molecule has 0 aromatic heterocycles. The van der Waals surface area contributed by atoms with E-state index in [1.54, 1.807) is 55.6 Å². The van der Waals surface area contributed by atoms with E-state index < -0.39 is 0 Å². The fraction of sp³-hybridized carbons (Fsp3) is 0.300. The lowest BCUT2D eigenvalue weighted by atomic mass is 10.1. The van der Waals surface area contributed by atoms with E-state index >= 15 is 0 Å². The summed E-state index contributed by atoms with van der Waals surface area (Å²) in [6.45, 7) is 0. The number of carbonyl (C=O) groups excluding carboxylic acids is 2. The highest BCUT2D eigenvalue weighted by molar-refractivity contribution is 6.00. The zero-order valence-corrected chi connectivity index (χ0v) is 14.7. The zero-order chi connectivity index (χ0) is 18.4. The molecule has 3 rings (SSSR count). The molecule has 0 saturated heterocycles. The fourth-order valence-electron chi connectivity index (χ4n) is 3.01. The van der Waals surface area contributed by atoms with Gasteiger partial charge < -0.3 is 20.7 Å². The average Bonchev–Trinajstić information content (AvgIpc) is 3.16. The third kappa shape index (κ3) is 4.75. The van der Waals surface area contributed by atoms with Gasteiger partial charge in [-0.3, -0.25) is 4.79 Å². The molecule has 136 valence electrons. The minimum atomic E-state index is -0.349. The Morgan fingerprint density at radius 1 is 0.885 bits per heavy atom. The first kappa shape index (κ1) is 17.8. The molecule has 2 aromatic carbocycles. The van der Waals surface area contributed by atoms with Crippen molar-refractivity contribution in [1.29, 1.82) is 0 Å². The Morgan fingerprint density at radius 3 is 1.96 bits per heavy atom. The normalized spacial score (nSPS) is 13.9. The van der Waals surface area contributed by atoms with Crippen LogP contribution >= 0.6 is 0 Å². The highest BCUT2D eigenvalue weighted by Gasteiger charge is 2.17. The van der Waals surface area contributed by atoms with Gasteiger partial charge in [0.1, 0.15) is 5.75 Å². The maximum absolute atomic E-state index is 12.2. The largest absolute Gasteiger partial charge is 0.497 e. The van der Waals surface area contributed by atoms with Crippen molar-refractivity contribution >= 4 is 23.3 Å². The Bertz CT molecular complexity index is 751. The van der Waals surface area contributed by atoms with Crippen LogP contribution in [-0.2, 0) is 0 Å². The van der Waals surface area contributed by atoms with Gasteiger partial charge in [0.25, 0.3) is 5.91 Å². The summed E-state index contributed by atoms with van der Waals surface area (Å²) < 4.78 is 5.08. The minimum Gasteiger partial charge on any atom is -0.497 e. The summed E-state index contributed by atoms with van der Waals surface area (Å²) in [4.78, 5) is 24.3. The number of urea groups is 1. The van der Waals surface area contributed by atoms with Gasteiger partial charge in [-0.05, 0) is 61.4 Å². The lowest BCUT2D eigenvalue weighted by Crippen LogP contribution is -2.32. The van der Waals surface area contributed by atoms with Crippen molar-refractivity contribution in [2.24, 2.45) is 0 Å². The molecule has 0 atom stereocenters. The molecule has 2 aromatic rings. The highest BCUT2D eigenvalue weighted by Crippen LogP contribution is 2.19. The molecule has 26 heavy (non-hydrogen) atoms. The second-order valence-electron chi connectivity index (χ2n) is 6.34. The van der Waals surface area contributed by atoms with Gasteiger partial charge in [0.2, 0.25) is 0 Å². The van der Waals surface area contributed by atoms with Crippen LogP contribution in [0, 0.1) is 0 Å². The lowest BCUT2D eigenvalue weighted by Gasteiger charge is -2.12. The third-order valence-electron chi connectivity index (χ3n) is 4.44. The Hall–Kier alpha value is -3.02. The number of ether oxygens (including phenoxy) is 1. The topological polar surface area (TPSA) is 79.5 Å². The predicted octanol–water partition coefficient (Wildman–Crippen LogP) is 4.01. The van der Waals surface area contributed by atoms with Crippen LogP contribution in [0.2, 0.25) is 0 Å². The quantitative estimate of drug-likeness (QED) is 0.760. The second kappa shape index (κ2) is 8.38. The van der Waals surface area contributed by atoms with E-state index in [1.807, 2.05) is 0 Å². The van der Waals surface area contributed by atoms with Gasteiger partial charge in [0.15, 0.2) is 0 Å². The first-order valence-corrected chi connectivity index (χ1v) is 8.77. The van der Waals surface area contributed by atoms with Crippen molar-refractivity contribution in [2.45, 2.75) is 31.7 Å². The van der Waals surface area contributed by atoms with Crippen LogP contribution in [0.1, 0.15) is 36.0 Å². The van der Waals surface area contributed by atoms with E-state index in [0.29, 0.717) is 16.9 Å². The van der Waals surface area contributed by atoms with Crippen molar-refractivity contribution in [3.8, 4) is 5.75 Å². The molecule has 3 N–H and O–H groups in total. The van der Waals surface area contributed by atoms with E-state index in [-0.39, 0.29) is 18.0 Å². The van der Waals surface area contributed by atoms with Crippen LogP contribution in [0.3, 0.4) is 0 Å². The predicted molar refractivity (Wildman–Crippen MR) is 102 cm³/mol. The molecular formula is C20H23N3O3. The van der Waals surface area contributed by atoms with E-state index in [2.05, 4.69) is 16.0 Å². The van der Waals surface area contributed by atoms with E-state index in [9.17, 15) is 9.59 Å². The van der Waals surface area contributed by atoms with Crippen LogP contribution in [0.5, 0.6) is 5.75 Å². The summed E-state index contributed by atoms with van der Waals surface area (Å²) in [5.74, 6) is 0.661. The molecule has 6 nitrogen and oxygen atoms in total. The van der Waals surface area contributed by atoms with Gasteiger partial charge in [0, 0.05) is 23.0 Å². The number of anilines is 2. The summed E-state index contributed by atoms with van der Waals surface area (Å²) in [5, 5.41) is 8.54. The van der Waals surface area contributed by atoms with Crippen LogP contribution in [0.4, 0.5) is 16.2 Å². The number of carbonyl (C=O) groups is 2. The molecule has 1 aliphatic rings. The Morgan fingerprint density at radius 2 is 1.42 bits per heavy atom. The maximum Gasteiger partial charge on any atom is 0.323 e. The number of nitrogens with one attached hydrogen (secondary N) is 3. The molecule has 1 saturated carbocycles. The zero-order valence-electron chi connectivity index (χ0n) is 14.7. The molecule has 0 spiro atoms. The Labute approximate surface area is 152 Å². The van der Waals surface area contributed by atoms with Crippen LogP contribution < -0.4 is 20.7 Å². The van der Waals surface area contributed by atoms with Crippen LogP contribution in [0.15, 0.2) is 48.5 Å². The number of benzene rings is 2. The SMILES string of the molecule is COc1ccc(NC(=O)Nc2ccc(C(=O)NC3CCCC3)cc2)cc1. The molecule has 1 fully saturated rings. The Kier molecular flexibility index (Phi) is 5.73. The molecule has 3 amide bonds. The van der Waals surface area contributed by atoms with Gasteiger partial charge in [-0.1, -0.05) is 12.8 Å². The first-order valence-electron chi connectivity index (χ1n) is 8.77. The van der Waals surface area contributed by atoms with Gasteiger partial charge in [-0.2, -0.15) is 0 Å². The highest BCUT2D eigenvalue weighted by atomic mass is 16.5. The lowest BCUT2D eigenvalue weighted by molar-refractivity contribution is 0.0938. The van der Waals surface area contributed by atoms with Crippen molar-refractivity contribution < 1.29 is 14.3 Å². The number of methoxy groups -OCH3 is 1. The summed E-state index contributed by atoms with van der Waals surface area (Å²) in [7, 11) is 1.59. The van der Waals surface area contributed by atoms with Crippen LogP contribution in [0.25, 0.3) is 0 Å². The monoisotopic (exact) mass is 353 g/mol. The third-order valence-corrected chi connectivity index (χ3v) is 4.44. The van der Waals surface area contributed by atoms with Gasteiger partial charge >= 0.3 is 6.03 Å². The molecule has 6 heteroatoms. The maximum atomic E-state index is 12.2. The minimum absolute atomic E-state index is 0.0638. The van der Waals surface area contributed by atoms with Crippen molar-refractivity contribution in [3.63, 3.8) is 0 Å².